The first-order valence-electron chi connectivity index (χ1n) is 6.52. The van der Waals surface area contributed by atoms with Crippen LogP contribution in [0.1, 0.15) is 33.1 Å². The number of hydrogen-bond donors (Lipinski definition) is 2. The topological polar surface area (TPSA) is 55.1 Å². The molecule has 3 N–H and O–H groups in total. The minimum absolute atomic E-state index is 0.0556. The highest BCUT2D eigenvalue weighted by Crippen LogP contribution is 2.20. The molecule has 0 saturated heterocycles. The van der Waals surface area contributed by atoms with E-state index in [9.17, 15) is 18.0 Å². The number of anilines is 1. The van der Waals surface area contributed by atoms with Crippen LogP contribution in [0.4, 0.5) is 18.9 Å². The molecule has 3 nitrogen and oxygen atoms in total. The molecule has 1 aromatic carbocycles. The first-order chi connectivity index (χ1) is 9.31. The van der Waals surface area contributed by atoms with Crippen molar-refractivity contribution in [2.75, 3.05) is 5.32 Å². The van der Waals surface area contributed by atoms with Gasteiger partial charge in [-0.15, -0.1) is 0 Å². The summed E-state index contributed by atoms with van der Waals surface area (Å²) in [7, 11) is 0. The van der Waals surface area contributed by atoms with Crippen LogP contribution in [0.15, 0.2) is 12.1 Å². The summed E-state index contributed by atoms with van der Waals surface area (Å²) < 4.78 is 39.4. The van der Waals surface area contributed by atoms with Gasteiger partial charge in [-0.25, -0.2) is 13.2 Å². The summed E-state index contributed by atoms with van der Waals surface area (Å²) in [5.41, 5.74) is 5.12. The predicted molar refractivity (Wildman–Crippen MR) is 71.6 cm³/mol. The van der Waals surface area contributed by atoms with Crippen molar-refractivity contribution in [1.29, 1.82) is 0 Å². The van der Waals surface area contributed by atoms with Crippen molar-refractivity contribution in [3.8, 4) is 0 Å². The van der Waals surface area contributed by atoms with E-state index in [2.05, 4.69) is 5.32 Å². The van der Waals surface area contributed by atoms with Gasteiger partial charge in [0.2, 0.25) is 5.91 Å². The van der Waals surface area contributed by atoms with Crippen molar-refractivity contribution < 1.29 is 18.0 Å². The lowest BCUT2D eigenvalue weighted by Gasteiger charge is -2.13. The summed E-state index contributed by atoms with van der Waals surface area (Å²) in [4.78, 5) is 11.8. The van der Waals surface area contributed by atoms with E-state index in [0.29, 0.717) is 12.5 Å². The summed E-state index contributed by atoms with van der Waals surface area (Å²) in [6.45, 7) is 3.54. The third-order valence-electron chi connectivity index (χ3n) is 3.00. The highest BCUT2D eigenvalue weighted by Gasteiger charge is 2.17. The molecule has 0 aromatic heterocycles. The molecule has 0 aliphatic heterocycles. The van der Waals surface area contributed by atoms with Gasteiger partial charge in [-0.2, -0.15) is 0 Å². The fourth-order valence-corrected chi connectivity index (χ4v) is 1.78. The second kappa shape index (κ2) is 7.28. The van der Waals surface area contributed by atoms with Crippen LogP contribution in [0, 0.1) is 23.4 Å². The van der Waals surface area contributed by atoms with Crippen molar-refractivity contribution in [2.45, 2.75) is 39.2 Å². The molecule has 0 spiro atoms. The maximum absolute atomic E-state index is 13.4. The maximum atomic E-state index is 13.4. The van der Waals surface area contributed by atoms with Crippen LogP contribution in [0.25, 0.3) is 0 Å². The summed E-state index contributed by atoms with van der Waals surface area (Å²) >= 11 is 0. The lowest BCUT2D eigenvalue weighted by Crippen LogP contribution is -2.22. The van der Waals surface area contributed by atoms with E-state index in [1.165, 1.54) is 0 Å². The van der Waals surface area contributed by atoms with Crippen molar-refractivity contribution >= 4 is 11.6 Å². The molecule has 0 radical (unpaired) electrons. The molecule has 1 amide bonds. The zero-order chi connectivity index (χ0) is 15.3. The van der Waals surface area contributed by atoms with E-state index >= 15 is 0 Å². The number of nitrogens with two attached hydrogens (primary N) is 1. The second-order valence-corrected chi connectivity index (χ2v) is 5.05. The molecule has 0 aliphatic rings. The molecule has 0 heterocycles. The SMILES string of the molecule is CC(N)CCCC(C)C(=O)Nc1cc(F)cc(F)c1F. The number of benzene rings is 1. The zero-order valence-corrected chi connectivity index (χ0v) is 11.6. The normalized spacial score (nSPS) is 13.9. The number of nitrogens with one attached hydrogen (secondary N) is 1. The standard InChI is InChI=1S/C14H19F3N2O/c1-8(4-3-5-9(2)18)14(20)19-12-7-10(15)6-11(16)13(12)17/h6-9H,3-5,18H2,1-2H3,(H,19,20). The van der Waals surface area contributed by atoms with Gasteiger partial charge in [-0.05, 0) is 19.8 Å². The van der Waals surface area contributed by atoms with E-state index in [1.54, 1.807) is 6.92 Å². The van der Waals surface area contributed by atoms with Crippen molar-refractivity contribution in [2.24, 2.45) is 11.7 Å². The Morgan fingerprint density at radius 2 is 1.90 bits per heavy atom. The Bertz CT molecular complexity index is 478. The molecule has 2 unspecified atom stereocenters. The Labute approximate surface area is 116 Å². The van der Waals surface area contributed by atoms with Gasteiger partial charge in [-0.1, -0.05) is 13.3 Å². The minimum Gasteiger partial charge on any atom is -0.328 e. The Kier molecular flexibility index (Phi) is 6.01. The van der Waals surface area contributed by atoms with Crippen LogP contribution in [0.2, 0.25) is 0 Å². The smallest absolute Gasteiger partial charge is 0.227 e. The van der Waals surface area contributed by atoms with Crippen LogP contribution < -0.4 is 11.1 Å². The molecular weight excluding hydrogens is 269 g/mol. The number of carbonyl (C=O) groups is 1. The van der Waals surface area contributed by atoms with Gasteiger partial charge >= 0.3 is 0 Å². The lowest BCUT2D eigenvalue weighted by atomic mass is 10.0. The predicted octanol–water partition coefficient (Wildman–Crippen LogP) is 3.20. The molecule has 112 valence electrons. The Morgan fingerprint density at radius 1 is 1.25 bits per heavy atom. The molecule has 0 aliphatic carbocycles. The van der Waals surface area contributed by atoms with Crippen LogP contribution in [0.3, 0.4) is 0 Å². The van der Waals surface area contributed by atoms with Crippen molar-refractivity contribution in [1.82, 2.24) is 0 Å². The first kappa shape index (κ1) is 16.5. The zero-order valence-electron chi connectivity index (χ0n) is 11.6. The average Bonchev–Trinajstić information content (AvgIpc) is 2.34. The lowest BCUT2D eigenvalue weighted by molar-refractivity contribution is -0.119. The molecule has 2 atom stereocenters. The summed E-state index contributed by atoms with van der Waals surface area (Å²) in [5.74, 6) is -4.39. The maximum Gasteiger partial charge on any atom is 0.227 e. The van der Waals surface area contributed by atoms with E-state index < -0.39 is 29.0 Å². The van der Waals surface area contributed by atoms with Gasteiger partial charge < -0.3 is 11.1 Å². The number of halogens is 3. The Balaban J connectivity index is 2.62. The van der Waals surface area contributed by atoms with Gasteiger partial charge in [-0.3, -0.25) is 4.79 Å². The highest BCUT2D eigenvalue weighted by atomic mass is 19.2. The number of hydrogen-bond acceptors (Lipinski definition) is 2. The quantitative estimate of drug-likeness (QED) is 0.790. The molecule has 6 heteroatoms. The van der Waals surface area contributed by atoms with Gasteiger partial charge in [0.05, 0.1) is 5.69 Å². The van der Waals surface area contributed by atoms with E-state index in [0.717, 1.165) is 18.9 Å². The van der Waals surface area contributed by atoms with E-state index in [4.69, 9.17) is 5.73 Å². The molecule has 0 bridgehead atoms. The highest BCUT2D eigenvalue weighted by molar-refractivity contribution is 5.92. The van der Waals surface area contributed by atoms with Gasteiger partial charge in [0.15, 0.2) is 11.6 Å². The van der Waals surface area contributed by atoms with Crippen LogP contribution in [-0.2, 0) is 4.79 Å². The van der Waals surface area contributed by atoms with E-state index in [-0.39, 0.29) is 12.0 Å². The molecule has 1 rings (SSSR count). The number of rotatable bonds is 6. The monoisotopic (exact) mass is 288 g/mol. The first-order valence-corrected chi connectivity index (χ1v) is 6.52. The average molecular weight is 288 g/mol. The summed E-state index contributed by atoms with van der Waals surface area (Å²) in [6, 6.07) is 1.24. The van der Waals surface area contributed by atoms with E-state index in [1.807, 2.05) is 6.92 Å². The largest absolute Gasteiger partial charge is 0.328 e. The number of amides is 1. The van der Waals surface area contributed by atoms with Crippen LogP contribution in [0.5, 0.6) is 0 Å². The molecule has 1 aromatic rings. The molecule has 0 fully saturated rings. The van der Waals surface area contributed by atoms with Crippen molar-refractivity contribution in [3.63, 3.8) is 0 Å². The van der Waals surface area contributed by atoms with Gasteiger partial charge in [0.1, 0.15) is 5.82 Å². The fraction of sp³-hybridized carbons (Fsp3) is 0.500. The number of carbonyl (C=O) groups excluding carboxylic acids is 1. The fourth-order valence-electron chi connectivity index (χ4n) is 1.78. The van der Waals surface area contributed by atoms with Gasteiger partial charge in [0.25, 0.3) is 0 Å². The third-order valence-corrected chi connectivity index (χ3v) is 3.00. The summed E-state index contributed by atoms with van der Waals surface area (Å²) in [6.07, 6.45) is 2.11. The molecule has 0 saturated carbocycles. The van der Waals surface area contributed by atoms with Crippen LogP contribution in [-0.4, -0.2) is 11.9 Å². The summed E-state index contributed by atoms with van der Waals surface area (Å²) in [5, 5.41) is 2.20. The third kappa shape index (κ3) is 4.85. The minimum atomic E-state index is -1.33. The second-order valence-electron chi connectivity index (χ2n) is 5.05. The van der Waals surface area contributed by atoms with Crippen molar-refractivity contribution in [3.05, 3.63) is 29.6 Å². The Hall–Kier alpha value is -1.56. The molecule has 20 heavy (non-hydrogen) atoms. The Morgan fingerprint density at radius 3 is 2.50 bits per heavy atom. The molecular formula is C14H19F3N2O. The van der Waals surface area contributed by atoms with Crippen LogP contribution >= 0.6 is 0 Å². The van der Waals surface area contributed by atoms with Gasteiger partial charge in [0, 0.05) is 24.1 Å².